The molecule has 0 aromatic carbocycles. The monoisotopic (exact) mass is 238 g/mol. The number of hydrogen-bond acceptors (Lipinski definition) is 5. The molecule has 2 aliphatic rings. The Morgan fingerprint density at radius 2 is 2.06 bits per heavy atom. The molecule has 2 aliphatic heterocycles. The smallest absolute Gasteiger partial charge is 0.268 e. The van der Waals surface area contributed by atoms with Crippen molar-refractivity contribution < 1.29 is 19.2 Å². The SMILES string of the molecule is O=C1CC(C(=O)NC2CCC(=O)NC2=O)=NN1. The summed E-state index contributed by atoms with van der Waals surface area (Å²) in [6, 6.07) is -0.751. The number of amides is 4. The highest BCUT2D eigenvalue weighted by Gasteiger charge is 2.30. The Labute approximate surface area is 95.8 Å². The summed E-state index contributed by atoms with van der Waals surface area (Å²) >= 11 is 0. The number of piperidine rings is 1. The van der Waals surface area contributed by atoms with E-state index < -0.39 is 17.9 Å². The summed E-state index contributed by atoms with van der Waals surface area (Å²) in [4.78, 5) is 44.6. The number of carbonyl (C=O) groups excluding carboxylic acids is 4. The highest BCUT2D eigenvalue weighted by molar-refractivity contribution is 6.43. The van der Waals surface area contributed by atoms with E-state index in [-0.39, 0.29) is 36.8 Å². The third-order valence-corrected chi connectivity index (χ3v) is 2.45. The number of rotatable bonds is 2. The van der Waals surface area contributed by atoms with Gasteiger partial charge >= 0.3 is 0 Å². The van der Waals surface area contributed by atoms with E-state index >= 15 is 0 Å². The Balaban J connectivity index is 1.93. The number of imide groups is 1. The molecule has 0 aliphatic carbocycles. The molecule has 3 N–H and O–H groups in total. The number of nitrogens with zero attached hydrogens (tertiary/aromatic N) is 1. The largest absolute Gasteiger partial charge is 0.339 e. The minimum Gasteiger partial charge on any atom is -0.339 e. The van der Waals surface area contributed by atoms with Gasteiger partial charge in [0.15, 0.2) is 0 Å². The molecule has 1 saturated heterocycles. The van der Waals surface area contributed by atoms with Gasteiger partial charge in [0.05, 0.1) is 6.42 Å². The van der Waals surface area contributed by atoms with Crippen LogP contribution < -0.4 is 16.1 Å². The van der Waals surface area contributed by atoms with Crippen LogP contribution in [-0.2, 0) is 19.2 Å². The number of carbonyl (C=O) groups is 4. The maximum atomic E-state index is 11.6. The zero-order valence-electron chi connectivity index (χ0n) is 8.78. The van der Waals surface area contributed by atoms with Crippen molar-refractivity contribution in [2.75, 3.05) is 0 Å². The van der Waals surface area contributed by atoms with Gasteiger partial charge in [0.2, 0.25) is 17.7 Å². The molecule has 0 bridgehead atoms. The minimum atomic E-state index is -0.751. The predicted octanol–water partition coefficient (Wildman–Crippen LogP) is -2.22. The summed E-state index contributed by atoms with van der Waals surface area (Å²) < 4.78 is 0. The van der Waals surface area contributed by atoms with E-state index in [0.29, 0.717) is 0 Å². The third-order valence-electron chi connectivity index (χ3n) is 2.45. The Morgan fingerprint density at radius 3 is 2.65 bits per heavy atom. The molecule has 8 heteroatoms. The van der Waals surface area contributed by atoms with Crippen LogP contribution in [-0.4, -0.2) is 35.4 Å². The van der Waals surface area contributed by atoms with Crippen molar-refractivity contribution in [2.24, 2.45) is 5.10 Å². The topological polar surface area (TPSA) is 117 Å². The van der Waals surface area contributed by atoms with Crippen LogP contribution in [0, 0.1) is 0 Å². The Bertz CT molecular complexity index is 442. The second-order valence-electron chi connectivity index (χ2n) is 3.75. The fourth-order valence-corrected chi connectivity index (χ4v) is 1.56. The normalized spacial score (nSPS) is 23.9. The summed E-state index contributed by atoms with van der Waals surface area (Å²) in [6.45, 7) is 0. The van der Waals surface area contributed by atoms with Crippen LogP contribution in [0.1, 0.15) is 19.3 Å². The average Bonchev–Trinajstić information content (AvgIpc) is 2.69. The predicted molar refractivity (Wildman–Crippen MR) is 54.5 cm³/mol. The molecular formula is C9H10N4O4. The van der Waals surface area contributed by atoms with Crippen LogP contribution in [0.2, 0.25) is 0 Å². The van der Waals surface area contributed by atoms with E-state index in [9.17, 15) is 19.2 Å². The zero-order valence-corrected chi connectivity index (χ0v) is 8.78. The van der Waals surface area contributed by atoms with Crippen molar-refractivity contribution in [3.05, 3.63) is 0 Å². The van der Waals surface area contributed by atoms with Gasteiger partial charge < -0.3 is 5.32 Å². The summed E-state index contributed by atoms with van der Waals surface area (Å²) in [7, 11) is 0. The Kier molecular flexibility index (Phi) is 2.86. The van der Waals surface area contributed by atoms with Crippen LogP contribution in [0.15, 0.2) is 5.10 Å². The first-order valence-corrected chi connectivity index (χ1v) is 5.06. The van der Waals surface area contributed by atoms with Crippen molar-refractivity contribution in [2.45, 2.75) is 25.3 Å². The average molecular weight is 238 g/mol. The van der Waals surface area contributed by atoms with Gasteiger partial charge in [-0.1, -0.05) is 0 Å². The maximum absolute atomic E-state index is 11.6. The molecule has 1 fully saturated rings. The quantitative estimate of drug-likeness (QED) is 0.472. The molecule has 1 unspecified atom stereocenters. The van der Waals surface area contributed by atoms with E-state index in [2.05, 4.69) is 21.2 Å². The molecule has 17 heavy (non-hydrogen) atoms. The third kappa shape index (κ3) is 2.47. The lowest BCUT2D eigenvalue weighted by Gasteiger charge is -2.21. The molecule has 2 rings (SSSR count). The van der Waals surface area contributed by atoms with Crippen molar-refractivity contribution in [3.63, 3.8) is 0 Å². The lowest BCUT2D eigenvalue weighted by molar-refractivity contribution is -0.136. The fraction of sp³-hybridized carbons (Fsp3) is 0.444. The van der Waals surface area contributed by atoms with Crippen LogP contribution in [0.4, 0.5) is 0 Å². The molecule has 2 heterocycles. The minimum absolute atomic E-state index is 0.0414. The Hall–Kier alpha value is -2.25. The summed E-state index contributed by atoms with van der Waals surface area (Å²) in [5.41, 5.74) is 2.18. The van der Waals surface area contributed by atoms with Gasteiger partial charge in [-0.05, 0) is 6.42 Å². The Morgan fingerprint density at radius 1 is 1.29 bits per heavy atom. The van der Waals surface area contributed by atoms with Crippen LogP contribution in [0.25, 0.3) is 0 Å². The fourth-order valence-electron chi connectivity index (χ4n) is 1.56. The molecule has 1 atom stereocenters. The zero-order chi connectivity index (χ0) is 12.4. The van der Waals surface area contributed by atoms with E-state index in [1.807, 2.05) is 0 Å². The van der Waals surface area contributed by atoms with Crippen LogP contribution in [0.5, 0.6) is 0 Å². The highest BCUT2D eigenvalue weighted by atomic mass is 16.2. The van der Waals surface area contributed by atoms with E-state index in [1.165, 1.54) is 0 Å². The van der Waals surface area contributed by atoms with E-state index in [4.69, 9.17) is 0 Å². The van der Waals surface area contributed by atoms with Crippen molar-refractivity contribution in [3.8, 4) is 0 Å². The molecule has 4 amide bonds. The van der Waals surface area contributed by atoms with Gasteiger partial charge in [-0.3, -0.25) is 24.5 Å². The second-order valence-corrected chi connectivity index (χ2v) is 3.75. The number of hydrogen-bond donors (Lipinski definition) is 3. The molecule has 0 aromatic heterocycles. The van der Waals surface area contributed by atoms with Crippen LogP contribution in [0.3, 0.4) is 0 Å². The molecule has 0 spiro atoms. The summed E-state index contributed by atoms with van der Waals surface area (Å²) in [5.74, 6) is -1.82. The van der Waals surface area contributed by atoms with Gasteiger partial charge in [-0.2, -0.15) is 5.10 Å². The van der Waals surface area contributed by atoms with Gasteiger partial charge in [-0.25, -0.2) is 5.43 Å². The molecule has 8 nitrogen and oxygen atoms in total. The lowest BCUT2D eigenvalue weighted by atomic mass is 10.1. The summed E-state index contributed by atoms with van der Waals surface area (Å²) in [5, 5.41) is 8.07. The first-order valence-electron chi connectivity index (χ1n) is 5.06. The molecule has 0 radical (unpaired) electrons. The molecule has 0 aromatic rings. The number of nitrogens with one attached hydrogen (secondary N) is 3. The maximum Gasteiger partial charge on any atom is 0.268 e. The van der Waals surface area contributed by atoms with Gasteiger partial charge in [-0.15, -0.1) is 0 Å². The molecule has 0 saturated carbocycles. The van der Waals surface area contributed by atoms with Crippen molar-refractivity contribution in [1.82, 2.24) is 16.1 Å². The first-order chi connectivity index (χ1) is 8.06. The van der Waals surface area contributed by atoms with Crippen molar-refractivity contribution in [1.29, 1.82) is 0 Å². The lowest BCUT2D eigenvalue weighted by Crippen LogP contribution is -2.53. The highest BCUT2D eigenvalue weighted by Crippen LogP contribution is 2.05. The van der Waals surface area contributed by atoms with Gasteiger partial charge in [0.25, 0.3) is 5.91 Å². The number of hydrazone groups is 1. The molecule has 90 valence electrons. The summed E-state index contributed by atoms with van der Waals surface area (Å²) in [6.07, 6.45) is 0.338. The van der Waals surface area contributed by atoms with Gasteiger partial charge in [0, 0.05) is 6.42 Å². The van der Waals surface area contributed by atoms with Crippen LogP contribution >= 0.6 is 0 Å². The van der Waals surface area contributed by atoms with E-state index in [0.717, 1.165) is 0 Å². The second kappa shape index (κ2) is 4.32. The standard InChI is InChI=1S/C9H10N4O4/c14-6-2-1-4(8(16)11-6)10-9(17)5-3-7(15)13-12-5/h4H,1-3H2,(H,10,17)(H,13,15)(H,11,14,16). The van der Waals surface area contributed by atoms with E-state index in [1.54, 1.807) is 0 Å². The first kappa shape index (κ1) is 11.2. The molecular weight excluding hydrogens is 228 g/mol. The van der Waals surface area contributed by atoms with Crippen molar-refractivity contribution >= 4 is 29.3 Å². The van der Waals surface area contributed by atoms with Gasteiger partial charge in [0.1, 0.15) is 11.8 Å².